The van der Waals surface area contributed by atoms with Gasteiger partial charge in [-0.3, -0.25) is 0 Å². The smallest absolute Gasteiger partial charge is 0.150 e. The number of benzene rings is 1. The summed E-state index contributed by atoms with van der Waals surface area (Å²) in [6.45, 7) is 0. The minimum atomic E-state index is -2.80. The SMILES string of the molecule is O=S1(=O)CCC(C(CCl)C2CC2c2ccccc2)C1. The molecule has 0 N–H and O–H groups in total. The van der Waals surface area contributed by atoms with Crippen LogP contribution in [0.1, 0.15) is 24.3 Å². The zero-order valence-corrected chi connectivity index (χ0v) is 12.4. The second-order valence-electron chi connectivity index (χ2n) is 5.90. The molecule has 104 valence electrons. The predicted octanol–water partition coefficient (Wildman–Crippen LogP) is 3.08. The van der Waals surface area contributed by atoms with E-state index in [9.17, 15) is 8.42 Å². The highest BCUT2D eigenvalue weighted by Gasteiger charge is 2.48. The van der Waals surface area contributed by atoms with Crippen molar-refractivity contribution in [2.45, 2.75) is 18.8 Å². The van der Waals surface area contributed by atoms with E-state index in [1.54, 1.807) is 0 Å². The van der Waals surface area contributed by atoms with Gasteiger partial charge < -0.3 is 0 Å². The van der Waals surface area contributed by atoms with Crippen molar-refractivity contribution in [2.75, 3.05) is 17.4 Å². The summed E-state index contributed by atoms with van der Waals surface area (Å²) in [5.41, 5.74) is 1.38. The van der Waals surface area contributed by atoms with Crippen LogP contribution in [0.3, 0.4) is 0 Å². The van der Waals surface area contributed by atoms with Crippen LogP contribution in [0, 0.1) is 17.8 Å². The van der Waals surface area contributed by atoms with Crippen LogP contribution in [0.5, 0.6) is 0 Å². The maximum atomic E-state index is 11.6. The number of halogens is 1. The van der Waals surface area contributed by atoms with Gasteiger partial charge in [0.25, 0.3) is 0 Å². The van der Waals surface area contributed by atoms with Gasteiger partial charge in [0, 0.05) is 5.88 Å². The molecule has 1 aromatic carbocycles. The molecule has 4 atom stereocenters. The Hall–Kier alpha value is -0.540. The third-order valence-electron chi connectivity index (χ3n) is 4.67. The largest absolute Gasteiger partial charge is 0.229 e. The highest BCUT2D eigenvalue weighted by molar-refractivity contribution is 7.91. The van der Waals surface area contributed by atoms with Crippen molar-refractivity contribution in [2.24, 2.45) is 17.8 Å². The quantitative estimate of drug-likeness (QED) is 0.801. The van der Waals surface area contributed by atoms with Crippen LogP contribution in [0.4, 0.5) is 0 Å². The zero-order valence-electron chi connectivity index (χ0n) is 10.8. The second kappa shape index (κ2) is 5.10. The third-order valence-corrected chi connectivity index (χ3v) is 6.82. The molecule has 1 saturated heterocycles. The molecule has 19 heavy (non-hydrogen) atoms. The lowest BCUT2D eigenvalue weighted by atomic mass is 9.87. The van der Waals surface area contributed by atoms with Crippen LogP contribution in [-0.2, 0) is 9.84 Å². The van der Waals surface area contributed by atoms with E-state index >= 15 is 0 Å². The maximum Gasteiger partial charge on any atom is 0.150 e. The van der Waals surface area contributed by atoms with Crippen molar-refractivity contribution in [3.05, 3.63) is 35.9 Å². The second-order valence-corrected chi connectivity index (χ2v) is 8.44. The molecular weight excluding hydrogens is 280 g/mol. The van der Waals surface area contributed by atoms with Gasteiger partial charge in [-0.1, -0.05) is 30.3 Å². The van der Waals surface area contributed by atoms with Crippen LogP contribution >= 0.6 is 11.6 Å². The van der Waals surface area contributed by atoms with Crippen molar-refractivity contribution in [1.82, 2.24) is 0 Å². The van der Waals surface area contributed by atoms with E-state index in [1.807, 2.05) is 6.07 Å². The third kappa shape index (κ3) is 2.82. The van der Waals surface area contributed by atoms with Gasteiger partial charge in [-0.25, -0.2) is 8.42 Å². The van der Waals surface area contributed by atoms with E-state index < -0.39 is 9.84 Å². The number of sulfone groups is 1. The predicted molar refractivity (Wildman–Crippen MR) is 78.3 cm³/mol. The Balaban J connectivity index is 1.69. The van der Waals surface area contributed by atoms with E-state index in [1.165, 1.54) is 5.56 Å². The van der Waals surface area contributed by atoms with Crippen LogP contribution in [0.15, 0.2) is 30.3 Å². The monoisotopic (exact) mass is 298 g/mol. The summed E-state index contributed by atoms with van der Waals surface area (Å²) >= 11 is 6.13. The Kier molecular flexibility index (Phi) is 3.61. The van der Waals surface area contributed by atoms with Crippen LogP contribution < -0.4 is 0 Å². The fraction of sp³-hybridized carbons (Fsp3) is 0.600. The van der Waals surface area contributed by atoms with Crippen LogP contribution in [0.2, 0.25) is 0 Å². The molecule has 2 aliphatic rings. The maximum absolute atomic E-state index is 11.6. The minimum Gasteiger partial charge on any atom is -0.229 e. The van der Waals surface area contributed by atoms with Gasteiger partial charge in [0.15, 0.2) is 9.84 Å². The molecule has 2 fully saturated rings. The lowest BCUT2D eigenvalue weighted by molar-refractivity contribution is 0.352. The standard InChI is InChI=1S/C15H19ClO2S/c16-9-15(12-6-7-19(17,18)10-12)14-8-13(14)11-4-2-1-3-5-11/h1-5,12-15H,6-10H2. The van der Waals surface area contributed by atoms with Gasteiger partial charge in [0.2, 0.25) is 0 Å². The van der Waals surface area contributed by atoms with Gasteiger partial charge in [0.1, 0.15) is 0 Å². The molecule has 4 heteroatoms. The topological polar surface area (TPSA) is 34.1 Å². The summed E-state index contributed by atoms with van der Waals surface area (Å²) in [6.07, 6.45) is 1.97. The Morgan fingerprint density at radius 1 is 1.26 bits per heavy atom. The molecule has 1 aliphatic carbocycles. The molecule has 1 aliphatic heterocycles. The lowest BCUT2D eigenvalue weighted by Gasteiger charge is -2.20. The van der Waals surface area contributed by atoms with Gasteiger partial charge in [-0.2, -0.15) is 0 Å². The summed E-state index contributed by atoms with van der Waals surface area (Å²) in [6, 6.07) is 10.5. The van der Waals surface area contributed by atoms with Crippen molar-refractivity contribution in [3.8, 4) is 0 Å². The van der Waals surface area contributed by atoms with Crippen molar-refractivity contribution >= 4 is 21.4 Å². The Labute approximate surface area is 120 Å². The first kappa shape index (κ1) is 13.4. The van der Waals surface area contributed by atoms with E-state index in [2.05, 4.69) is 24.3 Å². The molecule has 0 aromatic heterocycles. The first-order valence-corrected chi connectivity index (χ1v) is 9.27. The minimum absolute atomic E-state index is 0.279. The number of hydrogen-bond acceptors (Lipinski definition) is 2. The fourth-order valence-electron chi connectivity index (χ4n) is 3.52. The highest BCUT2D eigenvalue weighted by Crippen LogP contribution is 2.55. The molecule has 0 amide bonds. The van der Waals surface area contributed by atoms with Gasteiger partial charge in [0.05, 0.1) is 11.5 Å². The summed E-state index contributed by atoms with van der Waals surface area (Å²) in [4.78, 5) is 0. The molecule has 1 heterocycles. The molecule has 0 spiro atoms. The fourth-order valence-corrected chi connectivity index (χ4v) is 5.90. The molecule has 2 nitrogen and oxygen atoms in total. The average molecular weight is 299 g/mol. The van der Waals surface area contributed by atoms with E-state index in [0.29, 0.717) is 35.1 Å². The number of rotatable bonds is 4. The van der Waals surface area contributed by atoms with Gasteiger partial charge >= 0.3 is 0 Å². The summed E-state index contributed by atoms with van der Waals surface area (Å²) in [5.74, 6) is 3.11. The molecule has 0 radical (unpaired) electrons. The molecule has 1 saturated carbocycles. The molecule has 0 bridgehead atoms. The summed E-state index contributed by atoms with van der Waals surface area (Å²) in [7, 11) is -2.80. The first-order chi connectivity index (χ1) is 9.11. The molecule has 4 unspecified atom stereocenters. The Morgan fingerprint density at radius 3 is 2.58 bits per heavy atom. The normalized spacial score (nSPS) is 34.1. The number of alkyl halides is 1. The number of hydrogen-bond donors (Lipinski definition) is 0. The molecule has 1 aromatic rings. The van der Waals surface area contributed by atoms with E-state index in [-0.39, 0.29) is 5.92 Å². The highest BCUT2D eigenvalue weighted by atomic mass is 35.5. The Morgan fingerprint density at radius 2 is 2.00 bits per heavy atom. The van der Waals surface area contributed by atoms with E-state index in [0.717, 1.165) is 12.8 Å². The molecular formula is C15H19ClO2S. The van der Waals surface area contributed by atoms with E-state index in [4.69, 9.17) is 11.6 Å². The summed E-state index contributed by atoms with van der Waals surface area (Å²) in [5, 5.41) is 0. The lowest BCUT2D eigenvalue weighted by Crippen LogP contribution is -2.20. The molecule has 3 rings (SSSR count). The zero-order chi connectivity index (χ0) is 13.5. The first-order valence-electron chi connectivity index (χ1n) is 6.92. The van der Waals surface area contributed by atoms with Crippen LogP contribution in [-0.4, -0.2) is 25.8 Å². The van der Waals surface area contributed by atoms with Gasteiger partial charge in [-0.15, -0.1) is 11.6 Å². The Bertz CT molecular complexity index is 541. The summed E-state index contributed by atoms with van der Waals surface area (Å²) < 4.78 is 23.2. The average Bonchev–Trinajstić information content (AvgIpc) is 3.10. The van der Waals surface area contributed by atoms with Gasteiger partial charge in [-0.05, 0) is 42.1 Å². The van der Waals surface area contributed by atoms with Crippen molar-refractivity contribution in [1.29, 1.82) is 0 Å². The van der Waals surface area contributed by atoms with Crippen molar-refractivity contribution < 1.29 is 8.42 Å². The van der Waals surface area contributed by atoms with Crippen LogP contribution in [0.25, 0.3) is 0 Å². The van der Waals surface area contributed by atoms with Crippen molar-refractivity contribution in [3.63, 3.8) is 0 Å².